The topological polar surface area (TPSA) is 0 Å². The van der Waals surface area contributed by atoms with Crippen LogP contribution in [0.1, 0.15) is 43.1 Å². The van der Waals surface area contributed by atoms with Crippen molar-refractivity contribution in [2.24, 2.45) is 0 Å². The molecule has 0 aliphatic heterocycles. The second-order valence-corrected chi connectivity index (χ2v) is 9.21. The highest BCUT2D eigenvalue weighted by Gasteiger charge is 2.41. The molecule has 0 aliphatic rings. The van der Waals surface area contributed by atoms with E-state index in [1.165, 1.54) is 7.06 Å². The van der Waals surface area contributed by atoms with Crippen LogP contribution in [0, 0.1) is 131 Å². The van der Waals surface area contributed by atoms with Gasteiger partial charge in [-0.2, -0.15) is 0 Å². The molecule has 0 heterocycles. The Labute approximate surface area is 342 Å². The lowest BCUT2D eigenvalue weighted by atomic mass is 8.42. The van der Waals surface area contributed by atoms with Crippen LogP contribution < -0.4 is 0 Å². The largest absolute Gasteiger partial charge is 0.106 e. The average molecular weight is 618 g/mol. The molecule has 0 N–H and O–H groups in total. The molecule has 0 aromatic rings. The smallest absolute Gasteiger partial charge is 0.0723 e. The predicted molar refractivity (Wildman–Crippen MR) is 262 cm³/mol. The summed E-state index contributed by atoms with van der Waals surface area (Å²) in [6, 6.07) is 0. The van der Waals surface area contributed by atoms with Crippen LogP contribution in [-0.4, -0.2) is 171 Å². The molecular formula is C28H22B24. The van der Waals surface area contributed by atoms with Crippen LogP contribution in [0.5, 0.6) is 0 Å². The van der Waals surface area contributed by atoms with E-state index < -0.39 is 63.9 Å². The van der Waals surface area contributed by atoms with Crippen molar-refractivity contribution in [1.29, 1.82) is 0 Å². The molecule has 0 spiro atoms. The first-order chi connectivity index (χ1) is 22.9. The van der Waals surface area contributed by atoms with Gasteiger partial charge in [0.2, 0.25) is 0 Å². The molecule has 0 bridgehead atoms. The van der Waals surface area contributed by atoms with E-state index in [0.717, 1.165) is 0 Å². The minimum absolute atomic E-state index is 0. The number of hydrogen-bond donors (Lipinski definition) is 0. The van der Waals surface area contributed by atoms with Crippen molar-refractivity contribution in [1.82, 2.24) is 0 Å². The molecule has 0 atom stereocenters. The number of rotatable bonds is 11. The van der Waals surface area contributed by atoms with Gasteiger partial charge in [0, 0.05) is 171 Å². The first-order valence-corrected chi connectivity index (χ1v) is 13.9. The van der Waals surface area contributed by atoms with Crippen LogP contribution in [0.2, 0.25) is 0 Å². The first-order valence-electron chi connectivity index (χ1n) is 13.9. The predicted octanol–water partition coefficient (Wildman–Crippen LogP) is -5.53. The molecule has 0 saturated heterocycles. The summed E-state index contributed by atoms with van der Waals surface area (Å²) in [4.78, 5) is 0. The van der Waals surface area contributed by atoms with Crippen LogP contribution in [0.4, 0.5) is 0 Å². The lowest BCUT2D eigenvalue weighted by Crippen LogP contribution is -2.77. The third kappa shape index (κ3) is 31.5. The summed E-state index contributed by atoms with van der Waals surface area (Å²) in [5.74, 6) is 53.0. The van der Waals surface area contributed by atoms with Crippen LogP contribution in [0.3, 0.4) is 0 Å². The van der Waals surface area contributed by atoms with E-state index in [1.54, 1.807) is 14.0 Å². The van der Waals surface area contributed by atoms with E-state index in [1.807, 2.05) is 0 Å². The van der Waals surface area contributed by atoms with Crippen molar-refractivity contribution in [3.8, 4) is 131 Å². The van der Waals surface area contributed by atoms with E-state index in [4.69, 9.17) is 99.3 Å². The van der Waals surface area contributed by atoms with Gasteiger partial charge in [-0.3, -0.25) is 0 Å². The lowest BCUT2D eigenvalue weighted by molar-refractivity contribution is 1.57. The molecule has 0 aromatic heterocycles. The van der Waals surface area contributed by atoms with E-state index >= 15 is 0 Å². The Hall–Kier alpha value is -3.28. The van der Waals surface area contributed by atoms with Crippen LogP contribution in [0.25, 0.3) is 0 Å². The highest BCUT2D eigenvalue weighted by Crippen LogP contribution is 2.03. The molecule has 0 aliphatic carbocycles. The maximum atomic E-state index is 6.05. The second-order valence-electron chi connectivity index (χ2n) is 9.21. The summed E-state index contributed by atoms with van der Waals surface area (Å²) in [6.07, 6.45) is -2.08. The molecule has 26 radical (unpaired) electrons. The summed E-state index contributed by atoms with van der Waals surface area (Å²) in [7, 11) is 72.7. The summed E-state index contributed by atoms with van der Waals surface area (Å²) in [6.45, 7) is 1.70. The Bertz CT molecular complexity index is 1680. The van der Waals surface area contributed by atoms with Gasteiger partial charge in [-0.1, -0.05) is 47.5 Å². The standard InChI is InChI=1S/C24H6.4CH4.B24/c1-3-5-7-9-11-13-15-17-19-21-23-24-22-20-18-16-14-12-10-8-6-4-2;;;;;1-13-20(12)22(24(18(8)9)19(10)11)14-21(15(2)3)23(16(4)5)17(6)7/h1H,24H2,2H3;4*1H4;. The number of hydrogen-bond acceptors (Lipinski definition) is 0. The third-order valence-corrected chi connectivity index (χ3v) is 5.71. The normalized spacial score (nSPS) is 6.15. The Kier molecular flexibility index (Phi) is 47.3. The molecular weight excluding hydrogens is 596 g/mol. The fourth-order valence-corrected chi connectivity index (χ4v) is 3.68. The molecule has 0 aromatic carbocycles. The molecule has 0 unspecified atom stereocenters. The second kappa shape index (κ2) is 40.5. The van der Waals surface area contributed by atoms with Crippen molar-refractivity contribution in [3.63, 3.8) is 0 Å². The highest BCUT2D eigenvalue weighted by molar-refractivity contribution is 8.16. The zero-order chi connectivity index (χ0) is 36.7. The van der Waals surface area contributed by atoms with E-state index in [9.17, 15) is 0 Å². The van der Waals surface area contributed by atoms with Crippen molar-refractivity contribution in [2.45, 2.75) is 43.1 Å². The molecule has 0 saturated carbocycles. The zero-order valence-electron chi connectivity index (χ0n) is 26.6. The molecule has 24 heteroatoms. The Balaban J connectivity index is -0.000000189. The van der Waals surface area contributed by atoms with Gasteiger partial charge in [0.1, 0.15) is 0 Å². The summed E-state index contributed by atoms with van der Waals surface area (Å²) >= 11 is 0. The summed E-state index contributed by atoms with van der Waals surface area (Å²) < 4.78 is 0. The average Bonchev–Trinajstić information content (AvgIpc) is 3.02. The molecule has 0 nitrogen and oxygen atoms in total. The monoisotopic (exact) mass is 622 g/mol. The van der Waals surface area contributed by atoms with Crippen LogP contribution in [0.15, 0.2) is 0 Å². The van der Waals surface area contributed by atoms with Gasteiger partial charge >= 0.3 is 0 Å². The Morgan fingerprint density at radius 2 is 0.750 bits per heavy atom. The van der Waals surface area contributed by atoms with Gasteiger partial charge in [0.25, 0.3) is 0 Å². The zero-order valence-corrected chi connectivity index (χ0v) is 26.6. The molecule has 206 valence electrons. The van der Waals surface area contributed by atoms with Crippen LogP contribution in [-0.2, 0) is 0 Å². The van der Waals surface area contributed by atoms with Gasteiger partial charge in [-0.15, -0.1) is 6.42 Å². The van der Waals surface area contributed by atoms with Gasteiger partial charge < -0.3 is 0 Å². The summed E-state index contributed by atoms with van der Waals surface area (Å²) in [5.41, 5.74) is 0. The van der Waals surface area contributed by atoms with Crippen LogP contribution >= 0.6 is 0 Å². The van der Waals surface area contributed by atoms with E-state index in [-0.39, 0.29) is 29.7 Å². The van der Waals surface area contributed by atoms with Crippen molar-refractivity contribution in [2.75, 3.05) is 0 Å². The van der Waals surface area contributed by atoms with Gasteiger partial charge in [0.15, 0.2) is 0 Å². The minimum atomic E-state index is -0.865. The van der Waals surface area contributed by atoms with E-state index in [2.05, 4.69) is 124 Å². The maximum absolute atomic E-state index is 6.05. The Morgan fingerprint density at radius 3 is 1.04 bits per heavy atom. The third-order valence-electron chi connectivity index (χ3n) is 5.71. The first kappa shape index (κ1) is 60.8. The highest BCUT2D eigenvalue weighted by atomic mass is 13.7. The fraction of sp³-hybridized carbons (Fsp3) is 0.214. The Morgan fingerprint density at radius 1 is 0.442 bits per heavy atom. The van der Waals surface area contributed by atoms with Crippen molar-refractivity contribution < 1.29 is 0 Å². The lowest BCUT2D eigenvalue weighted by Gasteiger charge is -2.39. The van der Waals surface area contributed by atoms with E-state index in [0.29, 0.717) is 6.42 Å². The quantitative estimate of drug-likeness (QED) is 0.160. The molecule has 52 heavy (non-hydrogen) atoms. The molecule has 0 amide bonds. The van der Waals surface area contributed by atoms with Crippen molar-refractivity contribution in [3.05, 3.63) is 0 Å². The fourth-order valence-electron chi connectivity index (χ4n) is 3.68. The van der Waals surface area contributed by atoms with Gasteiger partial charge in [-0.05, 0) is 113 Å². The minimum Gasteiger partial charge on any atom is -0.106 e. The van der Waals surface area contributed by atoms with Crippen molar-refractivity contribution >= 4 is 171 Å². The number of terminal acetylenes is 1. The molecule has 0 rings (SSSR count). The van der Waals surface area contributed by atoms with Gasteiger partial charge in [0.05, 0.1) is 6.42 Å². The summed E-state index contributed by atoms with van der Waals surface area (Å²) in [5, 5.41) is 0. The maximum Gasteiger partial charge on any atom is 0.0723 e. The van der Waals surface area contributed by atoms with Gasteiger partial charge in [-0.25, -0.2) is 0 Å². The SMILES string of the molecule is C.C.C.C.C#CC#CC#CC#CC#CC#CCC#CC#CC#CC#CC#CC.[B][B]B([B])B([B]B(B([B])[B])B(B([B])[B])B([B])[B])B(B([B])[B])B([B])[B]. The molecule has 0 fully saturated rings.